The van der Waals surface area contributed by atoms with Crippen LogP contribution in [0.1, 0.15) is 27.7 Å². The Kier molecular flexibility index (Phi) is 5.79. The molecule has 1 N–H and O–H groups in total. The second-order valence-electron chi connectivity index (χ2n) is 6.06. The number of esters is 1. The van der Waals surface area contributed by atoms with Gasteiger partial charge < -0.3 is 19.2 Å². The molecule has 2 aromatic heterocycles. The van der Waals surface area contributed by atoms with E-state index in [-0.39, 0.29) is 13.2 Å². The number of hydrogen-bond acceptors (Lipinski definition) is 7. The summed E-state index contributed by atoms with van der Waals surface area (Å²) in [4.78, 5) is 36.6. The maximum Gasteiger partial charge on any atom is 0.341 e. The average Bonchev–Trinajstić information content (AvgIpc) is 3.00. The van der Waals surface area contributed by atoms with Crippen LogP contribution in [0.2, 0.25) is 0 Å². The molecule has 8 heteroatoms. The molecule has 0 aliphatic rings. The second-order valence-corrected chi connectivity index (χ2v) is 7.32. The Morgan fingerprint density at radius 2 is 1.96 bits per heavy atom. The molecular formula is C20H19NO6S. The van der Waals surface area contributed by atoms with Crippen LogP contribution >= 0.6 is 11.3 Å². The Bertz CT molecular complexity index is 1100. The molecule has 0 radical (unpaired) electrons. The number of benzene rings is 1. The monoisotopic (exact) mass is 401 g/mol. The highest BCUT2D eigenvalue weighted by molar-refractivity contribution is 7.16. The smallest absolute Gasteiger partial charge is 0.341 e. The fraction of sp³-hybridized carbons (Fsp3) is 0.250. The number of carbonyl (C=O) groups excluding carboxylic acids is 2. The minimum Gasteiger partial charge on any atom is -0.484 e. The van der Waals surface area contributed by atoms with Crippen LogP contribution in [0.4, 0.5) is 5.00 Å². The van der Waals surface area contributed by atoms with Gasteiger partial charge in [0.2, 0.25) is 0 Å². The molecule has 3 aromatic rings. The zero-order valence-electron chi connectivity index (χ0n) is 15.7. The molecule has 28 heavy (non-hydrogen) atoms. The lowest BCUT2D eigenvalue weighted by atomic mass is 10.1. The molecule has 0 aliphatic heterocycles. The van der Waals surface area contributed by atoms with E-state index in [2.05, 4.69) is 5.32 Å². The number of carbonyl (C=O) groups is 2. The van der Waals surface area contributed by atoms with Gasteiger partial charge in [-0.05, 0) is 44.5 Å². The van der Waals surface area contributed by atoms with Crippen molar-refractivity contribution in [2.75, 3.05) is 18.5 Å². The van der Waals surface area contributed by atoms with Gasteiger partial charge in [0.05, 0.1) is 12.2 Å². The molecule has 0 atom stereocenters. The molecule has 0 saturated carbocycles. The van der Waals surface area contributed by atoms with Crippen LogP contribution in [0.25, 0.3) is 11.0 Å². The molecule has 1 aromatic carbocycles. The van der Waals surface area contributed by atoms with E-state index < -0.39 is 17.5 Å². The molecule has 0 bridgehead atoms. The predicted octanol–water partition coefficient (Wildman–Crippen LogP) is 3.67. The number of rotatable bonds is 6. The number of hydrogen-bond donors (Lipinski definition) is 1. The van der Waals surface area contributed by atoms with Gasteiger partial charge >= 0.3 is 11.6 Å². The summed E-state index contributed by atoms with van der Waals surface area (Å²) in [5.74, 6) is -0.509. The molecule has 2 heterocycles. The first-order valence-corrected chi connectivity index (χ1v) is 9.43. The summed E-state index contributed by atoms with van der Waals surface area (Å²) in [6.07, 6.45) is 0. The summed E-state index contributed by atoms with van der Waals surface area (Å²) in [6, 6.07) is 8.12. The summed E-state index contributed by atoms with van der Waals surface area (Å²) < 4.78 is 15.7. The first-order chi connectivity index (χ1) is 13.4. The van der Waals surface area contributed by atoms with Gasteiger partial charge in [0.25, 0.3) is 5.91 Å². The van der Waals surface area contributed by atoms with Crippen LogP contribution in [0.15, 0.2) is 39.5 Å². The Morgan fingerprint density at radius 1 is 1.18 bits per heavy atom. The number of thiophene rings is 1. The summed E-state index contributed by atoms with van der Waals surface area (Å²) in [7, 11) is 0. The van der Waals surface area contributed by atoms with Crippen molar-refractivity contribution in [1.29, 1.82) is 0 Å². The van der Waals surface area contributed by atoms with Gasteiger partial charge in [-0.3, -0.25) is 4.79 Å². The van der Waals surface area contributed by atoms with Crippen molar-refractivity contribution in [2.24, 2.45) is 0 Å². The fourth-order valence-electron chi connectivity index (χ4n) is 2.67. The van der Waals surface area contributed by atoms with Crippen LogP contribution in [-0.4, -0.2) is 25.1 Å². The minimum atomic E-state index is -0.483. The maximum absolute atomic E-state index is 12.2. The van der Waals surface area contributed by atoms with Crippen molar-refractivity contribution in [3.05, 3.63) is 56.8 Å². The highest BCUT2D eigenvalue weighted by atomic mass is 32.1. The first kappa shape index (κ1) is 19.6. The zero-order chi connectivity index (χ0) is 20.3. The molecular weight excluding hydrogens is 382 g/mol. The number of nitrogens with one attached hydrogen (secondary N) is 1. The van der Waals surface area contributed by atoms with Gasteiger partial charge in [0.15, 0.2) is 6.61 Å². The Balaban J connectivity index is 1.69. The van der Waals surface area contributed by atoms with Gasteiger partial charge in [0.1, 0.15) is 16.3 Å². The van der Waals surface area contributed by atoms with E-state index in [0.717, 1.165) is 15.8 Å². The van der Waals surface area contributed by atoms with Crippen LogP contribution in [0.3, 0.4) is 0 Å². The lowest BCUT2D eigenvalue weighted by Gasteiger charge is -2.09. The molecule has 0 aliphatic carbocycles. The lowest BCUT2D eigenvalue weighted by Crippen LogP contribution is -2.21. The van der Waals surface area contributed by atoms with Gasteiger partial charge in [-0.1, -0.05) is 0 Å². The summed E-state index contributed by atoms with van der Waals surface area (Å²) in [6.45, 7) is 5.36. The standard InChI is InChI=1S/C20H19NO6S/c1-4-25-20(24)15-8-12(3)28-19(15)21-17(22)10-26-13-5-6-14-11(2)7-18(23)27-16(14)9-13/h5-9H,4,10H2,1-3H3,(H,21,22). The minimum absolute atomic E-state index is 0.252. The average molecular weight is 401 g/mol. The van der Waals surface area contributed by atoms with E-state index in [4.69, 9.17) is 13.9 Å². The number of fused-ring (bicyclic) bond motifs is 1. The number of amides is 1. The van der Waals surface area contributed by atoms with Gasteiger partial charge in [-0.15, -0.1) is 11.3 Å². The van der Waals surface area contributed by atoms with Gasteiger partial charge in [0, 0.05) is 22.4 Å². The number of anilines is 1. The van der Waals surface area contributed by atoms with Crippen molar-refractivity contribution >= 4 is 39.2 Å². The van der Waals surface area contributed by atoms with Crippen LogP contribution in [0, 0.1) is 13.8 Å². The van der Waals surface area contributed by atoms with E-state index in [1.807, 2.05) is 13.8 Å². The molecule has 0 fully saturated rings. The van der Waals surface area contributed by atoms with Gasteiger partial charge in [-0.25, -0.2) is 9.59 Å². The number of aryl methyl sites for hydroxylation is 2. The van der Waals surface area contributed by atoms with Crippen molar-refractivity contribution in [1.82, 2.24) is 0 Å². The second kappa shape index (κ2) is 8.26. The van der Waals surface area contributed by atoms with Crippen molar-refractivity contribution in [3.8, 4) is 5.75 Å². The van der Waals surface area contributed by atoms with Crippen LogP contribution < -0.4 is 15.7 Å². The third-order valence-corrected chi connectivity index (χ3v) is 4.86. The summed E-state index contributed by atoms with van der Waals surface area (Å²) in [5.41, 5.74) is 1.07. The molecule has 146 valence electrons. The Hall–Kier alpha value is -3.13. The molecule has 0 spiro atoms. The largest absolute Gasteiger partial charge is 0.484 e. The number of ether oxygens (including phenoxy) is 2. The Morgan fingerprint density at radius 3 is 2.71 bits per heavy atom. The van der Waals surface area contributed by atoms with E-state index >= 15 is 0 Å². The van der Waals surface area contributed by atoms with E-state index in [1.54, 1.807) is 31.2 Å². The SMILES string of the molecule is CCOC(=O)c1cc(C)sc1NC(=O)COc1ccc2c(C)cc(=O)oc2c1. The highest BCUT2D eigenvalue weighted by Crippen LogP contribution is 2.28. The molecule has 0 unspecified atom stereocenters. The highest BCUT2D eigenvalue weighted by Gasteiger charge is 2.18. The first-order valence-electron chi connectivity index (χ1n) is 8.62. The molecule has 1 amide bonds. The predicted molar refractivity (Wildman–Crippen MR) is 106 cm³/mol. The molecule has 3 rings (SSSR count). The van der Waals surface area contributed by atoms with E-state index in [9.17, 15) is 14.4 Å². The van der Waals surface area contributed by atoms with E-state index in [0.29, 0.717) is 21.9 Å². The third-order valence-electron chi connectivity index (χ3n) is 3.90. The van der Waals surface area contributed by atoms with E-state index in [1.165, 1.54) is 17.4 Å². The zero-order valence-corrected chi connectivity index (χ0v) is 16.5. The quantitative estimate of drug-likeness (QED) is 0.500. The fourth-order valence-corrected chi connectivity index (χ4v) is 3.59. The topological polar surface area (TPSA) is 94.8 Å². The Labute approximate surface area is 164 Å². The normalized spacial score (nSPS) is 10.7. The molecule has 0 saturated heterocycles. The lowest BCUT2D eigenvalue weighted by molar-refractivity contribution is -0.118. The molecule has 7 nitrogen and oxygen atoms in total. The summed E-state index contributed by atoms with van der Waals surface area (Å²) in [5, 5.41) is 3.89. The third kappa shape index (κ3) is 4.40. The van der Waals surface area contributed by atoms with Crippen molar-refractivity contribution < 1.29 is 23.5 Å². The van der Waals surface area contributed by atoms with Gasteiger partial charge in [-0.2, -0.15) is 0 Å². The van der Waals surface area contributed by atoms with Crippen LogP contribution in [-0.2, 0) is 9.53 Å². The van der Waals surface area contributed by atoms with Crippen molar-refractivity contribution in [2.45, 2.75) is 20.8 Å². The summed E-state index contributed by atoms with van der Waals surface area (Å²) >= 11 is 1.29. The maximum atomic E-state index is 12.2. The van der Waals surface area contributed by atoms with Crippen LogP contribution in [0.5, 0.6) is 5.75 Å². The van der Waals surface area contributed by atoms with Crippen molar-refractivity contribution in [3.63, 3.8) is 0 Å².